The molecule has 1 atom stereocenters. The molecular weight excluding hydrogens is 268 g/mol. The number of anilines is 1. The van der Waals surface area contributed by atoms with Crippen molar-refractivity contribution in [3.8, 4) is 0 Å². The molecule has 1 unspecified atom stereocenters. The van der Waals surface area contributed by atoms with Gasteiger partial charge in [0.25, 0.3) is 0 Å². The van der Waals surface area contributed by atoms with Crippen LogP contribution in [0.3, 0.4) is 0 Å². The highest BCUT2D eigenvalue weighted by atomic mass is 16.4. The monoisotopic (exact) mass is 290 g/mol. The lowest BCUT2D eigenvalue weighted by Gasteiger charge is -2.38. The molecule has 1 aliphatic rings. The minimum Gasteiger partial charge on any atom is -0.480 e. The molecule has 21 heavy (non-hydrogen) atoms. The first-order valence-corrected chi connectivity index (χ1v) is 7.24. The number of amides is 1. The van der Waals surface area contributed by atoms with Gasteiger partial charge in [0.1, 0.15) is 5.54 Å². The molecule has 0 fully saturated rings. The van der Waals surface area contributed by atoms with Gasteiger partial charge in [0.2, 0.25) is 5.91 Å². The number of para-hydroxylation sites is 1. The lowest BCUT2D eigenvalue weighted by atomic mass is 9.91. The Bertz CT molecular complexity index is 554. The maximum absolute atomic E-state index is 12.7. The minimum absolute atomic E-state index is 0.105. The number of benzene rings is 1. The zero-order valence-electron chi connectivity index (χ0n) is 12.7. The molecule has 2 N–H and O–H groups in total. The van der Waals surface area contributed by atoms with Crippen LogP contribution >= 0.6 is 0 Å². The number of nitrogens with zero attached hydrogens (tertiary/aromatic N) is 1. The lowest BCUT2D eigenvalue weighted by Crippen LogP contribution is -2.55. The molecule has 2 rings (SSSR count). The third-order valence-corrected chi connectivity index (χ3v) is 4.15. The highest BCUT2D eigenvalue weighted by Crippen LogP contribution is 2.27. The Labute approximate surface area is 125 Å². The summed E-state index contributed by atoms with van der Waals surface area (Å²) in [6, 6.07) is 7.90. The van der Waals surface area contributed by atoms with Crippen LogP contribution in [0.15, 0.2) is 24.3 Å². The number of fused-ring (bicyclic) bond motifs is 1. The Kier molecular flexibility index (Phi) is 4.21. The number of likely N-dealkylation sites (N-methyl/N-ethyl adjacent to an activating group) is 1. The molecule has 0 saturated carbocycles. The van der Waals surface area contributed by atoms with Crippen molar-refractivity contribution in [2.24, 2.45) is 5.92 Å². The first kappa shape index (κ1) is 15.4. The van der Waals surface area contributed by atoms with Crippen LogP contribution in [0.25, 0.3) is 0 Å². The third-order valence-electron chi connectivity index (χ3n) is 4.15. The van der Waals surface area contributed by atoms with E-state index >= 15 is 0 Å². The molecule has 114 valence electrons. The van der Waals surface area contributed by atoms with Crippen molar-refractivity contribution in [3.63, 3.8) is 0 Å². The molecular formula is C16H22N2O3. The maximum Gasteiger partial charge on any atom is 0.329 e. The number of aliphatic carboxylic acids is 1. The van der Waals surface area contributed by atoms with Gasteiger partial charge in [-0.05, 0) is 38.8 Å². The average molecular weight is 290 g/mol. The van der Waals surface area contributed by atoms with Crippen LogP contribution in [-0.2, 0) is 16.0 Å². The Balaban J connectivity index is 2.19. The number of carbonyl (C=O) groups excluding carboxylic acids is 1. The van der Waals surface area contributed by atoms with Gasteiger partial charge in [0, 0.05) is 18.8 Å². The number of carboxylic acids is 1. The van der Waals surface area contributed by atoms with Gasteiger partial charge in [-0.1, -0.05) is 18.2 Å². The number of carbonyl (C=O) groups is 2. The van der Waals surface area contributed by atoms with Crippen LogP contribution in [0.1, 0.15) is 26.3 Å². The second-order valence-electron chi connectivity index (χ2n) is 5.89. The molecule has 0 aliphatic carbocycles. The van der Waals surface area contributed by atoms with Crippen LogP contribution in [-0.4, -0.2) is 40.5 Å². The molecule has 1 aromatic carbocycles. The molecule has 1 amide bonds. The first-order valence-electron chi connectivity index (χ1n) is 7.24. The van der Waals surface area contributed by atoms with Crippen molar-refractivity contribution in [3.05, 3.63) is 29.8 Å². The van der Waals surface area contributed by atoms with Crippen molar-refractivity contribution in [1.29, 1.82) is 0 Å². The van der Waals surface area contributed by atoms with E-state index in [1.54, 1.807) is 13.8 Å². The van der Waals surface area contributed by atoms with Crippen molar-refractivity contribution in [1.82, 2.24) is 4.90 Å². The van der Waals surface area contributed by atoms with Crippen LogP contribution in [0.5, 0.6) is 0 Å². The third kappa shape index (κ3) is 2.86. The summed E-state index contributed by atoms with van der Waals surface area (Å²) in [4.78, 5) is 25.6. The number of hydrogen-bond acceptors (Lipinski definition) is 3. The first-order chi connectivity index (χ1) is 9.87. The zero-order valence-corrected chi connectivity index (χ0v) is 12.7. The molecule has 0 bridgehead atoms. The van der Waals surface area contributed by atoms with E-state index in [1.807, 2.05) is 31.2 Å². The Morgan fingerprint density at radius 3 is 2.67 bits per heavy atom. The predicted molar refractivity (Wildman–Crippen MR) is 81.2 cm³/mol. The lowest BCUT2D eigenvalue weighted by molar-refractivity contribution is -0.158. The standard InChI is InChI=1S/C16H22N2O3/c1-4-18(16(2,3)15(20)21)14(19)12-9-11-7-5-6-8-13(11)17-10-12/h5-8,12,17H,4,9-10H2,1-3H3,(H,20,21). The number of nitrogens with one attached hydrogen (secondary N) is 1. The highest BCUT2D eigenvalue weighted by Gasteiger charge is 2.40. The van der Waals surface area contributed by atoms with E-state index in [2.05, 4.69) is 5.32 Å². The van der Waals surface area contributed by atoms with Crippen LogP contribution in [0.2, 0.25) is 0 Å². The van der Waals surface area contributed by atoms with Crippen LogP contribution < -0.4 is 5.32 Å². The molecule has 5 nitrogen and oxygen atoms in total. The fraction of sp³-hybridized carbons (Fsp3) is 0.500. The molecule has 1 aliphatic heterocycles. The molecule has 0 radical (unpaired) electrons. The highest BCUT2D eigenvalue weighted by molar-refractivity contribution is 5.88. The summed E-state index contributed by atoms with van der Waals surface area (Å²) >= 11 is 0. The normalized spacial score (nSPS) is 17.6. The smallest absolute Gasteiger partial charge is 0.329 e. The molecule has 1 heterocycles. The summed E-state index contributed by atoms with van der Waals surface area (Å²) in [5, 5.41) is 12.6. The van der Waals surface area contributed by atoms with E-state index in [0.717, 1.165) is 11.3 Å². The Hall–Kier alpha value is -2.04. The summed E-state index contributed by atoms with van der Waals surface area (Å²) in [5.41, 5.74) is 0.969. The Morgan fingerprint density at radius 1 is 1.38 bits per heavy atom. The van der Waals surface area contributed by atoms with Crippen LogP contribution in [0.4, 0.5) is 5.69 Å². The van der Waals surface area contributed by atoms with E-state index in [1.165, 1.54) is 4.90 Å². The van der Waals surface area contributed by atoms with E-state index < -0.39 is 11.5 Å². The largest absolute Gasteiger partial charge is 0.480 e. The molecule has 1 aromatic rings. The SMILES string of the molecule is CCN(C(=O)C1CNc2ccccc2C1)C(C)(C)C(=O)O. The van der Waals surface area contributed by atoms with Crippen molar-refractivity contribution in [2.45, 2.75) is 32.7 Å². The fourth-order valence-electron chi connectivity index (χ4n) is 2.78. The van der Waals surface area contributed by atoms with E-state index in [-0.39, 0.29) is 11.8 Å². The number of hydrogen-bond donors (Lipinski definition) is 2. The van der Waals surface area contributed by atoms with Gasteiger partial charge in [-0.3, -0.25) is 4.79 Å². The topological polar surface area (TPSA) is 69.6 Å². The summed E-state index contributed by atoms with van der Waals surface area (Å²) in [6.45, 7) is 5.88. The summed E-state index contributed by atoms with van der Waals surface area (Å²) in [5.74, 6) is -1.31. The second-order valence-corrected chi connectivity index (χ2v) is 5.89. The summed E-state index contributed by atoms with van der Waals surface area (Å²) in [7, 11) is 0. The van der Waals surface area contributed by atoms with Crippen LogP contribution in [0, 0.1) is 5.92 Å². The molecule has 0 saturated heterocycles. The summed E-state index contributed by atoms with van der Waals surface area (Å²) in [6.07, 6.45) is 0.647. The van der Waals surface area contributed by atoms with E-state index in [4.69, 9.17) is 0 Å². The molecule has 0 aromatic heterocycles. The van der Waals surface area contributed by atoms with Gasteiger partial charge in [-0.25, -0.2) is 4.79 Å². The van der Waals surface area contributed by atoms with Gasteiger partial charge in [0.05, 0.1) is 5.92 Å². The average Bonchev–Trinajstić information content (AvgIpc) is 2.46. The van der Waals surface area contributed by atoms with Crippen molar-refractivity contribution in [2.75, 3.05) is 18.4 Å². The van der Waals surface area contributed by atoms with Crippen molar-refractivity contribution >= 4 is 17.6 Å². The van der Waals surface area contributed by atoms with Gasteiger partial charge < -0.3 is 15.3 Å². The summed E-state index contributed by atoms with van der Waals surface area (Å²) < 4.78 is 0. The van der Waals surface area contributed by atoms with Gasteiger partial charge >= 0.3 is 5.97 Å². The minimum atomic E-state index is -1.19. The van der Waals surface area contributed by atoms with Gasteiger partial charge in [-0.15, -0.1) is 0 Å². The number of rotatable bonds is 4. The predicted octanol–water partition coefficient (Wildman–Crippen LogP) is 1.98. The zero-order chi connectivity index (χ0) is 15.6. The second kappa shape index (κ2) is 5.76. The quantitative estimate of drug-likeness (QED) is 0.889. The number of carboxylic acid groups (broad SMARTS) is 1. The fourth-order valence-corrected chi connectivity index (χ4v) is 2.78. The molecule has 5 heteroatoms. The van der Waals surface area contributed by atoms with E-state index in [9.17, 15) is 14.7 Å². The Morgan fingerprint density at radius 2 is 2.05 bits per heavy atom. The maximum atomic E-state index is 12.7. The molecule has 0 spiro atoms. The van der Waals surface area contributed by atoms with Crippen molar-refractivity contribution < 1.29 is 14.7 Å². The van der Waals surface area contributed by atoms with Gasteiger partial charge in [-0.2, -0.15) is 0 Å². The van der Waals surface area contributed by atoms with Gasteiger partial charge in [0.15, 0.2) is 0 Å². The van der Waals surface area contributed by atoms with E-state index in [0.29, 0.717) is 19.5 Å².